The Labute approximate surface area is 110 Å². The summed E-state index contributed by atoms with van der Waals surface area (Å²) in [5, 5.41) is 0. The van der Waals surface area contributed by atoms with Crippen LogP contribution in [0, 0.1) is 0 Å². The third kappa shape index (κ3) is 3.95. The first-order valence-electron chi connectivity index (χ1n) is 7.22. The first kappa shape index (κ1) is 13.8. The van der Waals surface area contributed by atoms with Gasteiger partial charge in [-0.2, -0.15) is 0 Å². The molecule has 2 heterocycles. The van der Waals surface area contributed by atoms with Gasteiger partial charge in [-0.3, -0.25) is 4.79 Å². The third-order valence-electron chi connectivity index (χ3n) is 4.08. The summed E-state index contributed by atoms with van der Waals surface area (Å²) in [6.07, 6.45) is 7.69. The van der Waals surface area contributed by atoms with Crippen molar-refractivity contribution in [3.05, 3.63) is 0 Å². The Bertz CT molecular complexity index is 256. The minimum absolute atomic E-state index is 0.290. The zero-order valence-electron chi connectivity index (χ0n) is 11.4. The van der Waals surface area contributed by atoms with Crippen LogP contribution >= 0.6 is 0 Å². The Balaban J connectivity index is 1.65. The monoisotopic (exact) mass is 255 g/mol. The summed E-state index contributed by atoms with van der Waals surface area (Å²) < 4.78 is 11.0. The molecule has 0 N–H and O–H groups in total. The fourth-order valence-electron chi connectivity index (χ4n) is 2.82. The number of amides is 1. The molecule has 1 atom stereocenters. The van der Waals surface area contributed by atoms with E-state index in [1.165, 1.54) is 12.8 Å². The fourth-order valence-corrected chi connectivity index (χ4v) is 2.82. The molecule has 0 unspecified atom stereocenters. The highest BCUT2D eigenvalue weighted by Crippen LogP contribution is 2.19. The van der Waals surface area contributed by atoms with Gasteiger partial charge in [0.2, 0.25) is 5.91 Å². The molecule has 2 aliphatic heterocycles. The molecule has 1 amide bonds. The average Bonchev–Trinajstić information content (AvgIpc) is 2.46. The van der Waals surface area contributed by atoms with Crippen molar-refractivity contribution in [3.63, 3.8) is 0 Å². The molecule has 0 spiro atoms. The predicted octanol–water partition coefficient (Wildman–Crippen LogP) is 1.97. The van der Waals surface area contributed by atoms with Gasteiger partial charge in [0.15, 0.2) is 0 Å². The lowest BCUT2D eigenvalue weighted by Crippen LogP contribution is -2.40. The lowest BCUT2D eigenvalue weighted by atomic mass is 10.0. The summed E-state index contributed by atoms with van der Waals surface area (Å²) in [5.41, 5.74) is 0. The Hall–Kier alpha value is -0.610. The van der Waals surface area contributed by atoms with Gasteiger partial charge in [-0.1, -0.05) is 0 Å². The number of nitrogens with zero attached hydrogens (tertiary/aromatic N) is 1. The summed E-state index contributed by atoms with van der Waals surface area (Å²) in [5.74, 6) is 0.290. The molecule has 2 aliphatic rings. The Morgan fingerprint density at radius 1 is 1.28 bits per heavy atom. The lowest BCUT2D eigenvalue weighted by Gasteiger charge is -2.32. The van der Waals surface area contributed by atoms with Crippen molar-refractivity contribution < 1.29 is 14.3 Å². The second kappa shape index (κ2) is 7.10. The molecule has 0 aromatic rings. The molecule has 0 saturated carbocycles. The largest absolute Gasteiger partial charge is 0.381 e. The molecule has 4 nitrogen and oxygen atoms in total. The maximum atomic E-state index is 12.1. The van der Waals surface area contributed by atoms with Gasteiger partial charge in [-0.15, -0.1) is 0 Å². The number of ether oxygens (including phenoxy) is 2. The molecule has 2 saturated heterocycles. The standard InChI is InChI=1S/C14H25NO3/c1-17-12-7-9-15(10-8-12)14(16)6-5-13-4-2-3-11-18-13/h12-13H,2-11H2,1H3/t13-/m1/s1. The molecule has 2 fully saturated rings. The van der Waals surface area contributed by atoms with Crippen molar-refractivity contribution in [2.24, 2.45) is 0 Å². The summed E-state index contributed by atoms with van der Waals surface area (Å²) in [6.45, 7) is 2.57. The van der Waals surface area contributed by atoms with E-state index in [4.69, 9.17) is 9.47 Å². The normalized spacial score (nSPS) is 26.3. The molecule has 0 aromatic carbocycles. The number of methoxy groups -OCH3 is 1. The van der Waals surface area contributed by atoms with Gasteiger partial charge in [0, 0.05) is 33.2 Å². The summed E-state index contributed by atoms with van der Waals surface area (Å²) >= 11 is 0. The van der Waals surface area contributed by atoms with Crippen LogP contribution in [0.4, 0.5) is 0 Å². The number of hydrogen-bond acceptors (Lipinski definition) is 3. The summed E-state index contributed by atoms with van der Waals surface area (Å²) in [6, 6.07) is 0. The van der Waals surface area contributed by atoms with Crippen LogP contribution in [0.5, 0.6) is 0 Å². The number of piperidine rings is 1. The summed E-state index contributed by atoms with van der Waals surface area (Å²) in [7, 11) is 1.75. The highest BCUT2D eigenvalue weighted by molar-refractivity contribution is 5.76. The van der Waals surface area contributed by atoms with Crippen molar-refractivity contribution in [3.8, 4) is 0 Å². The van der Waals surface area contributed by atoms with Crippen LogP contribution in [0.2, 0.25) is 0 Å². The quantitative estimate of drug-likeness (QED) is 0.771. The zero-order valence-corrected chi connectivity index (χ0v) is 11.4. The molecular formula is C14H25NO3. The molecule has 104 valence electrons. The second-order valence-corrected chi connectivity index (χ2v) is 5.34. The van der Waals surface area contributed by atoms with Crippen LogP contribution in [-0.2, 0) is 14.3 Å². The van der Waals surface area contributed by atoms with Crippen LogP contribution in [0.3, 0.4) is 0 Å². The first-order valence-corrected chi connectivity index (χ1v) is 7.22. The van der Waals surface area contributed by atoms with Crippen molar-refractivity contribution in [2.75, 3.05) is 26.8 Å². The second-order valence-electron chi connectivity index (χ2n) is 5.34. The van der Waals surface area contributed by atoms with Crippen LogP contribution in [0.15, 0.2) is 0 Å². The fraction of sp³-hybridized carbons (Fsp3) is 0.929. The molecule has 0 aromatic heterocycles. The number of rotatable bonds is 4. The van der Waals surface area contributed by atoms with Crippen LogP contribution < -0.4 is 0 Å². The van der Waals surface area contributed by atoms with E-state index >= 15 is 0 Å². The molecule has 4 heteroatoms. The van der Waals surface area contributed by atoms with Gasteiger partial charge in [0.25, 0.3) is 0 Å². The van der Waals surface area contributed by atoms with E-state index in [0.29, 0.717) is 24.5 Å². The molecule has 2 rings (SSSR count). The van der Waals surface area contributed by atoms with Crippen LogP contribution in [0.1, 0.15) is 44.9 Å². The highest BCUT2D eigenvalue weighted by atomic mass is 16.5. The summed E-state index contributed by atoms with van der Waals surface area (Å²) in [4.78, 5) is 14.0. The molecule has 0 radical (unpaired) electrons. The number of carbonyl (C=O) groups excluding carboxylic acids is 1. The Kier molecular flexibility index (Phi) is 5.45. The van der Waals surface area contributed by atoms with Crippen molar-refractivity contribution >= 4 is 5.91 Å². The van der Waals surface area contributed by atoms with Gasteiger partial charge < -0.3 is 14.4 Å². The molecule has 18 heavy (non-hydrogen) atoms. The number of carbonyl (C=O) groups is 1. The Morgan fingerprint density at radius 2 is 2.06 bits per heavy atom. The van der Waals surface area contributed by atoms with Crippen molar-refractivity contribution in [1.82, 2.24) is 4.90 Å². The lowest BCUT2D eigenvalue weighted by molar-refractivity contribution is -0.134. The van der Waals surface area contributed by atoms with E-state index in [-0.39, 0.29) is 0 Å². The van der Waals surface area contributed by atoms with E-state index in [2.05, 4.69) is 0 Å². The van der Waals surface area contributed by atoms with E-state index in [1.807, 2.05) is 4.90 Å². The third-order valence-corrected chi connectivity index (χ3v) is 4.08. The van der Waals surface area contributed by atoms with Crippen LogP contribution in [0.25, 0.3) is 0 Å². The van der Waals surface area contributed by atoms with Gasteiger partial charge in [-0.05, 0) is 38.5 Å². The van der Waals surface area contributed by atoms with Gasteiger partial charge in [-0.25, -0.2) is 0 Å². The Morgan fingerprint density at radius 3 is 2.67 bits per heavy atom. The molecular weight excluding hydrogens is 230 g/mol. The van der Waals surface area contributed by atoms with Crippen molar-refractivity contribution in [2.45, 2.75) is 57.2 Å². The number of likely N-dealkylation sites (tertiary alicyclic amines) is 1. The van der Waals surface area contributed by atoms with Crippen LogP contribution in [-0.4, -0.2) is 49.8 Å². The minimum atomic E-state index is 0.290. The highest BCUT2D eigenvalue weighted by Gasteiger charge is 2.23. The predicted molar refractivity (Wildman–Crippen MR) is 69.4 cm³/mol. The van der Waals surface area contributed by atoms with Gasteiger partial charge >= 0.3 is 0 Å². The number of hydrogen-bond donors (Lipinski definition) is 0. The van der Waals surface area contributed by atoms with Gasteiger partial charge in [0.1, 0.15) is 0 Å². The minimum Gasteiger partial charge on any atom is -0.381 e. The van der Waals surface area contributed by atoms with E-state index < -0.39 is 0 Å². The van der Waals surface area contributed by atoms with E-state index in [0.717, 1.165) is 45.4 Å². The maximum Gasteiger partial charge on any atom is 0.222 e. The zero-order chi connectivity index (χ0) is 12.8. The topological polar surface area (TPSA) is 38.8 Å². The van der Waals surface area contributed by atoms with E-state index in [9.17, 15) is 4.79 Å². The molecule has 0 aliphatic carbocycles. The maximum absolute atomic E-state index is 12.1. The molecule has 0 bridgehead atoms. The smallest absolute Gasteiger partial charge is 0.222 e. The van der Waals surface area contributed by atoms with Gasteiger partial charge in [0.05, 0.1) is 12.2 Å². The SMILES string of the molecule is COC1CCN(C(=O)CC[C@H]2CCCCO2)CC1. The van der Waals surface area contributed by atoms with Crippen molar-refractivity contribution in [1.29, 1.82) is 0 Å². The average molecular weight is 255 g/mol. The first-order chi connectivity index (χ1) is 8.79. The van der Waals surface area contributed by atoms with E-state index in [1.54, 1.807) is 7.11 Å².